The van der Waals surface area contributed by atoms with E-state index in [0.29, 0.717) is 12.2 Å². The molecule has 2 aliphatic carbocycles. The van der Waals surface area contributed by atoms with E-state index in [2.05, 4.69) is 6.07 Å². The molecule has 2 aromatic carbocycles. The smallest absolute Gasteiger partial charge is 0.311 e. The summed E-state index contributed by atoms with van der Waals surface area (Å²) < 4.78 is 5.24. The summed E-state index contributed by atoms with van der Waals surface area (Å²) in [6.07, 6.45) is 3.01. The normalized spacial score (nSPS) is 19.6. The SMILES string of the molecule is COc1cc2c(cc1[N+](=O)[O-])CCC1c3cc(C)c(C)c(O[N+](=O)[O-])c3CC1C2. The Morgan fingerprint density at radius 1 is 1.07 bits per heavy atom. The van der Waals surface area contributed by atoms with Crippen molar-refractivity contribution >= 4 is 5.69 Å². The summed E-state index contributed by atoms with van der Waals surface area (Å²) in [4.78, 5) is 27.0. The van der Waals surface area contributed by atoms with Crippen LogP contribution in [0.25, 0.3) is 0 Å². The maximum Gasteiger partial charge on any atom is 0.311 e. The van der Waals surface area contributed by atoms with Gasteiger partial charge in [-0.2, -0.15) is 0 Å². The number of rotatable bonds is 4. The number of nitrogens with zero attached hydrogens (tertiary/aromatic N) is 2. The molecule has 0 radical (unpaired) electrons. The summed E-state index contributed by atoms with van der Waals surface area (Å²) in [7, 11) is 1.44. The van der Waals surface area contributed by atoms with E-state index in [4.69, 9.17) is 9.57 Å². The van der Waals surface area contributed by atoms with Crippen molar-refractivity contribution in [1.82, 2.24) is 0 Å². The number of hydrogen-bond donors (Lipinski definition) is 0. The van der Waals surface area contributed by atoms with Gasteiger partial charge >= 0.3 is 5.69 Å². The molecule has 0 bridgehead atoms. The van der Waals surface area contributed by atoms with E-state index in [1.165, 1.54) is 7.11 Å². The summed E-state index contributed by atoms with van der Waals surface area (Å²) in [6, 6.07) is 5.54. The van der Waals surface area contributed by atoms with Crippen LogP contribution in [0, 0.1) is 40.0 Å². The summed E-state index contributed by atoms with van der Waals surface area (Å²) in [5.41, 5.74) is 5.85. The third-order valence-electron chi connectivity index (χ3n) is 6.43. The quantitative estimate of drug-likeness (QED) is 0.564. The zero-order chi connectivity index (χ0) is 20.9. The maximum absolute atomic E-state index is 11.4. The van der Waals surface area contributed by atoms with Crippen LogP contribution in [0.15, 0.2) is 18.2 Å². The van der Waals surface area contributed by atoms with Gasteiger partial charge in [-0.3, -0.25) is 15.0 Å². The van der Waals surface area contributed by atoms with Crippen LogP contribution < -0.4 is 9.57 Å². The molecular weight excluding hydrogens is 376 g/mol. The number of ether oxygens (including phenoxy) is 1. The number of methoxy groups -OCH3 is 1. The lowest BCUT2D eigenvalue weighted by molar-refractivity contribution is -0.711. The fourth-order valence-corrected chi connectivity index (χ4v) is 4.94. The van der Waals surface area contributed by atoms with Gasteiger partial charge < -0.3 is 4.74 Å². The standard InChI is InChI=1S/C21H22N2O6/c1-11-6-17-16-5-4-13-9-19(22(24)25)20(28-3)10-14(13)7-15(16)8-18(17)21(12(11)2)29-23(26)27/h6,9-10,15-16H,4-5,7-8H2,1-3H3. The fraction of sp³-hybridized carbons (Fsp3) is 0.429. The lowest BCUT2D eigenvalue weighted by Gasteiger charge is -2.18. The Bertz CT molecular complexity index is 1030. The molecule has 8 nitrogen and oxygen atoms in total. The molecule has 0 heterocycles. The molecule has 2 unspecified atom stereocenters. The van der Waals surface area contributed by atoms with Gasteiger partial charge in [-0.05, 0) is 90.8 Å². The van der Waals surface area contributed by atoms with Crippen LogP contribution in [-0.2, 0) is 19.3 Å². The van der Waals surface area contributed by atoms with Crippen molar-refractivity contribution in [3.8, 4) is 11.5 Å². The van der Waals surface area contributed by atoms with Crippen LogP contribution in [-0.4, -0.2) is 17.1 Å². The van der Waals surface area contributed by atoms with Crippen molar-refractivity contribution in [3.63, 3.8) is 0 Å². The average molecular weight is 398 g/mol. The lowest BCUT2D eigenvalue weighted by atomic mass is 9.87. The van der Waals surface area contributed by atoms with Gasteiger partial charge in [-0.15, -0.1) is 10.1 Å². The van der Waals surface area contributed by atoms with Crippen molar-refractivity contribution in [1.29, 1.82) is 0 Å². The molecular formula is C21H22N2O6. The first-order valence-corrected chi connectivity index (χ1v) is 9.59. The number of hydrogen-bond acceptors (Lipinski definition) is 6. The van der Waals surface area contributed by atoms with Crippen LogP contribution >= 0.6 is 0 Å². The Kier molecular flexibility index (Phi) is 4.64. The summed E-state index contributed by atoms with van der Waals surface area (Å²) in [6.45, 7) is 3.79. The molecule has 2 aromatic rings. The molecule has 29 heavy (non-hydrogen) atoms. The molecule has 0 saturated carbocycles. The molecule has 0 aromatic heterocycles. The Morgan fingerprint density at radius 2 is 1.83 bits per heavy atom. The second-order valence-electron chi connectivity index (χ2n) is 7.89. The number of benzene rings is 2. The average Bonchev–Trinajstić information content (AvgIpc) is 2.89. The molecule has 0 spiro atoms. The van der Waals surface area contributed by atoms with Crippen molar-refractivity contribution in [2.24, 2.45) is 5.92 Å². The van der Waals surface area contributed by atoms with Crippen molar-refractivity contribution in [3.05, 3.63) is 71.8 Å². The molecule has 152 valence electrons. The second kappa shape index (κ2) is 7.02. The molecule has 0 fully saturated rings. The van der Waals surface area contributed by atoms with Crippen LogP contribution in [0.1, 0.15) is 45.7 Å². The van der Waals surface area contributed by atoms with E-state index in [-0.39, 0.29) is 23.3 Å². The maximum atomic E-state index is 11.4. The van der Waals surface area contributed by atoms with Gasteiger partial charge in [0.15, 0.2) is 5.75 Å². The number of fused-ring (bicyclic) bond motifs is 4. The van der Waals surface area contributed by atoms with Gasteiger partial charge in [-0.1, -0.05) is 6.07 Å². The molecule has 4 rings (SSSR count). The molecule has 0 aliphatic heterocycles. The predicted octanol–water partition coefficient (Wildman–Crippen LogP) is 4.24. The minimum Gasteiger partial charge on any atom is -0.490 e. The van der Waals surface area contributed by atoms with Gasteiger partial charge in [-0.25, -0.2) is 0 Å². The number of nitro benzene ring substituents is 1. The van der Waals surface area contributed by atoms with Crippen LogP contribution in [0.5, 0.6) is 11.5 Å². The Labute approximate surface area is 167 Å². The van der Waals surface area contributed by atoms with Gasteiger partial charge in [0, 0.05) is 6.07 Å². The van der Waals surface area contributed by atoms with Crippen LogP contribution in [0.2, 0.25) is 0 Å². The first-order valence-electron chi connectivity index (χ1n) is 9.59. The topological polar surface area (TPSA) is 105 Å². The highest BCUT2D eigenvalue weighted by atomic mass is 17.0. The summed E-state index contributed by atoms with van der Waals surface area (Å²) >= 11 is 0. The Balaban J connectivity index is 1.74. The monoisotopic (exact) mass is 398 g/mol. The van der Waals surface area contributed by atoms with Gasteiger partial charge in [0.1, 0.15) is 5.75 Å². The van der Waals surface area contributed by atoms with Crippen LogP contribution in [0.4, 0.5) is 5.69 Å². The van der Waals surface area contributed by atoms with Crippen LogP contribution in [0.3, 0.4) is 0 Å². The predicted molar refractivity (Wildman–Crippen MR) is 105 cm³/mol. The van der Waals surface area contributed by atoms with Crippen molar-refractivity contribution in [2.45, 2.75) is 45.4 Å². The van der Waals surface area contributed by atoms with Crippen molar-refractivity contribution in [2.75, 3.05) is 7.11 Å². The van der Waals surface area contributed by atoms with E-state index in [1.54, 1.807) is 12.1 Å². The van der Waals surface area contributed by atoms with Gasteiger partial charge in [0.05, 0.1) is 12.0 Å². The summed E-state index contributed by atoms with van der Waals surface area (Å²) in [5, 5.41) is 21.7. The largest absolute Gasteiger partial charge is 0.490 e. The van der Waals surface area contributed by atoms with Gasteiger partial charge in [0.2, 0.25) is 0 Å². The van der Waals surface area contributed by atoms with E-state index >= 15 is 0 Å². The highest BCUT2D eigenvalue weighted by Gasteiger charge is 2.38. The first-order chi connectivity index (χ1) is 13.8. The Hall–Kier alpha value is -3.16. The molecule has 2 atom stereocenters. The molecule has 0 amide bonds. The second-order valence-corrected chi connectivity index (χ2v) is 7.89. The minimum atomic E-state index is -0.741. The molecule has 8 heteroatoms. The summed E-state index contributed by atoms with van der Waals surface area (Å²) in [5.74, 6) is 1.16. The molecule has 0 N–H and O–H groups in total. The van der Waals surface area contributed by atoms with E-state index in [9.17, 15) is 20.2 Å². The van der Waals surface area contributed by atoms with E-state index < -0.39 is 10.0 Å². The van der Waals surface area contributed by atoms with E-state index in [0.717, 1.165) is 52.6 Å². The van der Waals surface area contributed by atoms with E-state index in [1.807, 2.05) is 13.8 Å². The minimum absolute atomic E-state index is 0.00755. The Morgan fingerprint density at radius 3 is 2.48 bits per heavy atom. The lowest BCUT2D eigenvalue weighted by Crippen LogP contribution is -2.09. The first kappa shape index (κ1) is 19.2. The zero-order valence-corrected chi connectivity index (χ0v) is 16.6. The highest BCUT2D eigenvalue weighted by molar-refractivity contribution is 5.56. The molecule has 0 saturated heterocycles. The zero-order valence-electron chi connectivity index (χ0n) is 16.6. The molecule has 2 aliphatic rings. The number of aryl methyl sites for hydroxylation is 2. The third-order valence-corrected chi connectivity index (χ3v) is 6.43. The van der Waals surface area contributed by atoms with Crippen molar-refractivity contribution < 1.29 is 19.6 Å². The number of nitro groups is 1. The highest BCUT2D eigenvalue weighted by Crippen LogP contribution is 2.50. The third kappa shape index (κ3) is 3.18. The van der Waals surface area contributed by atoms with Gasteiger partial charge in [0.25, 0.3) is 5.09 Å². The fourth-order valence-electron chi connectivity index (χ4n) is 4.94.